The van der Waals surface area contributed by atoms with Gasteiger partial charge in [-0.1, -0.05) is 224 Å². The van der Waals surface area contributed by atoms with Crippen molar-refractivity contribution in [3.05, 3.63) is 313 Å². The lowest BCUT2D eigenvalue weighted by atomic mass is 9.70. The van der Waals surface area contributed by atoms with Crippen molar-refractivity contribution >= 4 is 60.4 Å². The van der Waals surface area contributed by atoms with Crippen molar-refractivity contribution < 1.29 is 0 Å². The molecule has 2 nitrogen and oxygen atoms in total. The third kappa shape index (κ3) is 6.56. The van der Waals surface area contributed by atoms with Gasteiger partial charge in [-0.2, -0.15) is 0 Å². The van der Waals surface area contributed by atoms with E-state index in [-0.39, 0.29) is 0 Å². The molecule has 0 saturated carbocycles. The molecular weight excluding hydrogens is 929 g/mol. The fraction of sp³-hybridized carbons (Fsp3) is 0.0133. The Bertz CT molecular complexity index is 4620. The predicted octanol–water partition coefficient (Wildman–Crippen LogP) is 19.9. The Balaban J connectivity index is 0.819. The highest BCUT2D eigenvalue weighted by molar-refractivity contribution is 6.12. The van der Waals surface area contributed by atoms with Gasteiger partial charge in [0.1, 0.15) is 0 Å². The van der Waals surface area contributed by atoms with Crippen LogP contribution in [0.5, 0.6) is 0 Å². The van der Waals surface area contributed by atoms with Gasteiger partial charge in [-0.25, -0.2) is 0 Å². The third-order valence-corrected chi connectivity index (χ3v) is 16.8. The lowest BCUT2D eigenvalue weighted by Gasteiger charge is -2.32. The summed E-state index contributed by atoms with van der Waals surface area (Å²) in [6.07, 6.45) is 0. The first-order valence-electron chi connectivity index (χ1n) is 26.7. The predicted molar refractivity (Wildman–Crippen MR) is 323 cm³/mol. The summed E-state index contributed by atoms with van der Waals surface area (Å²) < 4.78 is 2.43. The number of nitrogens with zero attached hydrogens (tertiary/aromatic N) is 2. The molecule has 77 heavy (non-hydrogen) atoms. The zero-order valence-electron chi connectivity index (χ0n) is 42.1. The van der Waals surface area contributed by atoms with E-state index in [0.717, 1.165) is 22.6 Å². The van der Waals surface area contributed by atoms with Crippen LogP contribution in [0.25, 0.3) is 105 Å². The second-order valence-corrected chi connectivity index (χ2v) is 20.8. The van der Waals surface area contributed by atoms with Crippen LogP contribution in [0.4, 0.5) is 17.1 Å². The zero-order chi connectivity index (χ0) is 50.6. The summed E-state index contributed by atoms with van der Waals surface area (Å²) in [7, 11) is 0. The van der Waals surface area contributed by atoms with Crippen LogP contribution >= 0.6 is 0 Å². The first-order valence-corrected chi connectivity index (χ1v) is 26.7. The van der Waals surface area contributed by atoms with Crippen LogP contribution in [0, 0.1) is 0 Å². The molecule has 2 aliphatic rings. The maximum atomic E-state index is 2.49. The summed E-state index contributed by atoms with van der Waals surface area (Å²) in [5.74, 6) is 0. The average Bonchev–Trinajstić information content (AvgIpc) is 4.04. The summed E-state index contributed by atoms with van der Waals surface area (Å²) in [6, 6.07) is 108. The lowest BCUT2D eigenvalue weighted by molar-refractivity contribution is 0.793. The van der Waals surface area contributed by atoms with E-state index < -0.39 is 5.41 Å². The van der Waals surface area contributed by atoms with Gasteiger partial charge in [-0.15, -0.1) is 0 Å². The van der Waals surface area contributed by atoms with E-state index in [1.165, 1.54) is 121 Å². The van der Waals surface area contributed by atoms with Crippen LogP contribution in [0.2, 0.25) is 0 Å². The van der Waals surface area contributed by atoms with E-state index >= 15 is 0 Å². The number of rotatable bonds is 7. The zero-order valence-corrected chi connectivity index (χ0v) is 42.1. The maximum Gasteiger partial charge on any atom is 0.0726 e. The Labute approximate surface area is 447 Å². The number of hydrogen-bond donors (Lipinski definition) is 0. The Kier molecular flexibility index (Phi) is 9.58. The Morgan fingerprint density at radius 3 is 1.48 bits per heavy atom. The highest BCUT2D eigenvalue weighted by Gasteiger charge is 2.51. The minimum Gasteiger partial charge on any atom is -0.310 e. The van der Waals surface area contributed by atoms with E-state index in [0.29, 0.717) is 0 Å². The second kappa shape index (κ2) is 17.0. The van der Waals surface area contributed by atoms with Crippen LogP contribution < -0.4 is 4.90 Å². The summed E-state index contributed by atoms with van der Waals surface area (Å²) in [5, 5.41) is 7.38. The van der Waals surface area contributed by atoms with Gasteiger partial charge < -0.3 is 9.47 Å². The number of hydrogen-bond acceptors (Lipinski definition) is 1. The minimum atomic E-state index is -0.458. The lowest BCUT2D eigenvalue weighted by Crippen LogP contribution is -2.26. The molecule has 0 unspecified atom stereocenters. The van der Waals surface area contributed by atoms with Crippen molar-refractivity contribution in [2.24, 2.45) is 0 Å². The molecule has 13 aromatic carbocycles. The molecule has 16 rings (SSSR count). The van der Waals surface area contributed by atoms with Gasteiger partial charge in [-0.3, -0.25) is 0 Å². The Morgan fingerprint density at radius 2 is 0.727 bits per heavy atom. The van der Waals surface area contributed by atoms with Crippen molar-refractivity contribution in [2.75, 3.05) is 4.90 Å². The first-order chi connectivity index (χ1) is 38.2. The van der Waals surface area contributed by atoms with Crippen LogP contribution in [0.15, 0.2) is 291 Å². The van der Waals surface area contributed by atoms with E-state index in [2.05, 4.69) is 301 Å². The highest BCUT2D eigenvalue weighted by Crippen LogP contribution is 2.63. The molecule has 2 heteroatoms. The number of benzene rings is 13. The summed E-state index contributed by atoms with van der Waals surface area (Å²) in [6.45, 7) is 0. The topological polar surface area (TPSA) is 8.17 Å². The number of anilines is 3. The summed E-state index contributed by atoms with van der Waals surface area (Å²) in [5.41, 5.74) is 24.1. The van der Waals surface area contributed by atoms with Crippen LogP contribution in [0.1, 0.15) is 22.3 Å². The van der Waals surface area contributed by atoms with E-state index in [9.17, 15) is 0 Å². The first kappa shape index (κ1) is 43.4. The van der Waals surface area contributed by atoms with Crippen molar-refractivity contribution in [3.63, 3.8) is 0 Å². The van der Waals surface area contributed by atoms with Gasteiger partial charge in [0, 0.05) is 33.2 Å². The van der Waals surface area contributed by atoms with Crippen LogP contribution in [-0.4, -0.2) is 4.57 Å². The largest absolute Gasteiger partial charge is 0.310 e. The van der Waals surface area contributed by atoms with Crippen LogP contribution in [0.3, 0.4) is 0 Å². The third-order valence-electron chi connectivity index (χ3n) is 16.8. The minimum absolute atomic E-state index is 0.458. The smallest absolute Gasteiger partial charge is 0.0726 e. The monoisotopic (exact) mass is 976 g/mol. The van der Waals surface area contributed by atoms with Gasteiger partial charge >= 0.3 is 0 Å². The van der Waals surface area contributed by atoms with Crippen molar-refractivity contribution in [1.82, 2.24) is 4.57 Å². The molecule has 1 aromatic heterocycles. The molecule has 0 saturated heterocycles. The molecule has 0 atom stereocenters. The Morgan fingerprint density at radius 1 is 0.247 bits per heavy atom. The molecule has 0 fully saturated rings. The molecule has 0 radical (unpaired) electrons. The van der Waals surface area contributed by atoms with Gasteiger partial charge in [-0.05, 0) is 161 Å². The Hall–Kier alpha value is -10.0. The van der Waals surface area contributed by atoms with Gasteiger partial charge in [0.25, 0.3) is 0 Å². The second-order valence-electron chi connectivity index (χ2n) is 20.8. The molecule has 0 aliphatic heterocycles. The highest BCUT2D eigenvalue weighted by atomic mass is 15.1. The fourth-order valence-corrected chi connectivity index (χ4v) is 13.3. The fourth-order valence-electron chi connectivity index (χ4n) is 13.3. The molecule has 2 aliphatic carbocycles. The quantitative estimate of drug-likeness (QED) is 0.154. The number of fused-ring (bicyclic) bond motifs is 15. The molecule has 0 amide bonds. The molecule has 1 heterocycles. The average molecular weight is 977 g/mol. The van der Waals surface area contributed by atoms with Crippen LogP contribution in [-0.2, 0) is 5.41 Å². The van der Waals surface area contributed by atoms with Crippen molar-refractivity contribution in [2.45, 2.75) is 5.41 Å². The number of para-hydroxylation sites is 1. The molecular formula is C75H48N2. The molecule has 0 bridgehead atoms. The maximum absolute atomic E-state index is 2.49. The van der Waals surface area contributed by atoms with E-state index in [4.69, 9.17) is 0 Å². The molecule has 14 aromatic rings. The van der Waals surface area contributed by atoms with Crippen molar-refractivity contribution in [3.8, 4) is 61.3 Å². The standard InChI is InChI=1S/C75H48N2/c1-2-16-49(17-3-1)54-36-37-56-46-59(40-38-55(56)44-54)76(60-41-42-65-64-25-8-12-29-70(64)75(71(65)48-60)68-27-10-6-23-62(68)63-24-7-11-28-69(63)75)58-21-14-20-53(45-58)50-32-34-51(35-33-50)57-39-43-74-67(47-57)66-26-9-13-30-73(66)77(74)72-31-15-19-52-18-4-5-22-61(52)72/h1-48H. The van der Waals surface area contributed by atoms with Crippen molar-refractivity contribution in [1.29, 1.82) is 0 Å². The molecule has 358 valence electrons. The number of aromatic nitrogens is 1. The summed E-state index contributed by atoms with van der Waals surface area (Å²) >= 11 is 0. The van der Waals surface area contributed by atoms with Gasteiger partial charge in [0.15, 0.2) is 0 Å². The SMILES string of the molecule is c1ccc(-c2ccc3cc(N(c4cccc(-c5ccc(-c6ccc7c(c6)c6ccccc6n7-c6cccc7ccccc67)cc5)c4)c4ccc5c(c4)C4(c6ccccc6-c6ccccc64)c4ccccc4-5)ccc3c2)cc1. The van der Waals surface area contributed by atoms with Gasteiger partial charge in [0.05, 0.1) is 22.1 Å². The van der Waals surface area contributed by atoms with Gasteiger partial charge in [0.2, 0.25) is 0 Å². The van der Waals surface area contributed by atoms with E-state index in [1.807, 2.05) is 0 Å². The molecule has 0 N–H and O–H groups in total. The normalized spacial score (nSPS) is 12.8. The van der Waals surface area contributed by atoms with E-state index in [1.54, 1.807) is 0 Å². The molecule has 1 spiro atoms. The summed E-state index contributed by atoms with van der Waals surface area (Å²) in [4.78, 5) is 2.47.